The van der Waals surface area contributed by atoms with Crippen LogP contribution in [0.1, 0.15) is 202 Å². The average molecular weight is 1380 g/mol. The molecule has 2 aromatic carbocycles. The van der Waals surface area contributed by atoms with E-state index in [-0.39, 0.29) is 105 Å². The Morgan fingerprint density at radius 3 is 2.09 bits per heavy atom. The summed E-state index contributed by atoms with van der Waals surface area (Å²) in [4.78, 5) is 132. The fourth-order valence-corrected chi connectivity index (χ4v) is 21.3. The summed E-state index contributed by atoms with van der Waals surface area (Å²) in [5.41, 5.74) is -9.08. The van der Waals surface area contributed by atoms with Gasteiger partial charge in [-0.15, -0.1) is 0 Å². The number of aliphatic hydroxyl groups excluding tert-OH is 2. The van der Waals surface area contributed by atoms with Crippen LogP contribution in [0.25, 0.3) is 0 Å². The Bertz CT molecular complexity index is 3760. The van der Waals surface area contributed by atoms with Crippen LogP contribution in [0.2, 0.25) is 0 Å². The zero-order chi connectivity index (χ0) is 73.0. The van der Waals surface area contributed by atoms with Crippen molar-refractivity contribution in [2.45, 2.75) is 240 Å². The van der Waals surface area contributed by atoms with Crippen molar-refractivity contribution >= 4 is 53.2 Å². The van der Waals surface area contributed by atoms with Crippen molar-refractivity contribution in [3.8, 4) is 0 Å². The van der Waals surface area contributed by atoms with Gasteiger partial charge in [0.25, 0.3) is 5.91 Å². The van der Waals surface area contributed by atoms with Gasteiger partial charge in [-0.1, -0.05) is 135 Å². The lowest BCUT2D eigenvalue weighted by atomic mass is 9.33. The van der Waals surface area contributed by atoms with E-state index in [1.807, 2.05) is 13.0 Å². The van der Waals surface area contributed by atoms with Crippen molar-refractivity contribution in [2.75, 3.05) is 13.2 Å². The van der Waals surface area contributed by atoms with E-state index in [1.165, 1.54) is 31.6 Å². The molecule has 0 radical (unpaired) electrons. The van der Waals surface area contributed by atoms with Gasteiger partial charge in [0, 0.05) is 62.0 Å². The van der Waals surface area contributed by atoms with Gasteiger partial charge in [-0.05, 0) is 159 Å². The van der Waals surface area contributed by atoms with E-state index < -0.39 is 137 Å². The minimum absolute atomic E-state index is 0.0285. The molecule has 0 unspecified atom stereocenters. The van der Waals surface area contributed by atoms with Crippen LogP contribution in [-0.2, 0) is 66.8 Å². The summed E-state index contributed by atoms with van der Waals surface area (Å²) in [6.45, 7) is 29.1. The Morgan fingerprint density at radius 2 is 1.46 bits per heavy atom. The van der Waals surface area contributed by atoms with Crippen molar-refractivity contribution in [2.24, 2.45) is 67.0 Å². The summed E-state index contributed by atoms with van der Waals surface area (Å²) in [5, 5.41) is 43.5. The molecule has 5 N–H and O–H groups in total. The molecule has 20 nitrogen and oxygen atoms in total. The average Bonchev–Trinajstić information content (AvgIpc) is 0.675. The molecule has 11 rings (SSSR count). The predicted octanol–water partition coefficient (Wildman–Crippen LogP) is 10.3. The Kier molecular flexibility index (Phi) is 19.5. The highest BCUT2D eigenvalue weighted by Gasteiger charge is 2.80. The number of aliphatic hydroxyl groups is 3. The van der Waals surface area contributed by atoms with Crippen molar-refractivity contribution in [3.63, 3.8) is 0 Å². The number of carbonyl (C=O) groups is 9. The maximum atomic E-state index is 16.6. The Balaban J connectivity index is 0.879. The molecule has 1 saturated heterocycles. The number of fused-ring (bicyclic) bond motifs is 12. The standard InChI is InChI=1S/C80H104N2O18/c1-16-24-44(2)68(91)99-66-64-78(15,65(89)62(96-46(4)83)59-45(3)53(42-80(66,94)72(59,8)9)97-69(92)61(88)60(48-25-19-17-20-26-48)82-67(90)49-27-21-18-22-28-49)56(40-57-79(64,43-95-57)100-47(5)84)98-58(87)29-23-38-81-70(93)74(11)35-34-73(10)36-37-76(13)50(51(73)41-74)39-52(85)63-75(12)32-31-55(86)71(6,7)54(75)30-33-77(63,76)14/h16-22,24-28,39,51,53-57,60-64,66,86,88,94H,2,23,29-38,40-43H2,1,3-15H3,(H,81,93)(H,82,90)/b24-16-/t51-,53-,54-,55-,56-,57+,60-,61+,62+,63+,64-,66-,73+,74-,75-,76+,77+,78+,79-,80+/m0/s1. The molecule has 1 aliphatic heterocycles. The minimum Gasteiger partial charge on any atom is -0.461 e. The van der Waals surface area contributed by atoms with Crippen LogP contribution >= 0.6 is 0 Å². The molecule has 8 aliphatic carbocycles. The summed E-state index contributed by atoms with van der Waals surface area (Å²) >= 11 is 0. The molecular formula is C80H104N2O18. The first-order valence-electron chi connectivity index (χ1n) is 36.0. The third kappa shape index (κ3) is 11.8. The van der Waals surface area contributed by atoms with Crippen LogP contribution in [0, 0.1) is 67.0 Å². The second kappa shape index (κ2) is 26.3. The van der Waals surface area contributed by atoms with Crippen molar-refractivity contribution < 1.29 is 86.9 Å². The molecule has 20 atom stereocenters. The van der Waals surface area contributed by atoms with Gasteiger partial charge in [-0.2, -0.15) is 0 Å². The number of amides is 2. The second-order valence-electron chi connectivity index (χ2n) is 33.5. The van der Waals surface area contributed by atoms with Gasteiger partial charge in [0.2, 0.25) is 5.91 Å². The van der Waals surface area contributed by atoms with Crippen LogP contribution in [0.5, 0.6) is 0 Å². The number of rotatable bonds is 17. The molecule has 20 heteroatoms. The third-order valence-electron chi connectivity index (χ3n) is 27.3. The molecule has 7 fully saturated rings. The largest absolute Gasteiger partial charge is 0.461 e. The molecule has 2 aromatic rings. The van der Waals surface area contributed by atoms with E-state index in [4.69, 9.17) is 28.4 Å². The smallest absolute Gasteiger partial charge is 0.338 e. The number of hydrogen-bond acceptors (Lipinski definition) is 18. The lowest BCUT2D eigenvalue weighted by Crippen LogP contribution is -2.82. The molecule has 1 heterocycles. The fourth-order valence-electron chi connectivity index (χ4n) is 21.3. The van der Waals surface area contributed by atoms with Gasteiger partial charge < -0.3 is 54.4 Å². The number of carbonyl (C=O) groups excluding carboxylic acids is 9. The van der Waals surface area contributed by atoms with E-state index >= 15 is 9.59 Å². The van der Waals surface area contributed by atoms with Gasteiger partial charge >= 0.3 is 29.8 Å². The maximum absolute atomic E-state index is 16.6. The predicted molar refractivity (Wildman–Crippen MR) is 367 cm³/mol. The Labute approximate surface area is 587 Å². The summed E-state index contributed by atoms with van der Waals surface area (Å²) < 4.78 is 38.0. The third-order valence-corrected chi connectivity index (χ3v) is 27.3. The molecular weight excluding hydrogens is 1280 g/mol. The molecule has 2 bridgehead atoms. The fraction of sp³-hybridized carbons (Fsp3) is 0.637. The lowest BCUT2D eigenvalue weighted by molar-refractivity contribution is -0.347. The lowest BCUT2D eigenvalue weighted by Gasteiger charge is -2.70. The quantitative estimate of drug-likeness (QED) is 0.0246. The van der Waals surface area contributed by atoms with E-state index in [2.05, 4.69) is 58.8 Å². The first kappa shape index (κ1) is 74.1. The number of benzene rings is 2. The van der Waals surface area contributed by atoms with E-state index in [1.54, 1.807) is 81.4 Å². The zero-order valence-corrected chi connectivity index (χ0v) is 60.7. The van der Waals surface area contributed by atoms with Crippen LogP contribution in [0.3, 0.4) is 0 Å². The summed E-state index contributed by atoms with van der Waals surface area (Å²) in [5.74, 6) is -8.24. The van der Waals surface area contributed by atoms with E-state index in [0.717, 1.165) is 52.4 Å². The second-order valence-corrected chi connectivity index (χ2v) is 33.5. The van der Waals surface area contributed by atoms with Gasteiger partial charge in [0.05, 0.1) is 35.7 Å². The summed E-state index contributed by atoms with van der Waals surface area (Å²) in [6, 6.07) is 15.0. The molecule has 100 heavy (non-hydrogen) atoms. The molecule has 6 saturated carbocycles. The Hall–Kier alpha value is -7.13. The van der Waals surface area contributed by atoms with Gasteiger partial charge in [-0.25, -0.2) is 9.59 Å². The number of hydrogen-bond donors (Lipinski definition) is 5. The number of nitrogens with one attached hydrogen (secondary N) is 2. The topological polar surface area (TPSA) is 294 Å². The van der Waals surface area contributed by atoms with Crippen LogP contribution in [0.4, 0.5) is 0 Å². The molecule has 0 aromatic heterocycles. The molecule has 542 valence electrons. The van der Waals surface area contributed by atoms with Crippen molar-refractivity contribution in [1.82, 2.24) is 10.6 Å². The van der Waals surface area contributed by atoms with Crippen molar-refractivity contribution in [1.29, 1.82) is 0 Å². The molecule has 0 spiro atoms. The van der Waals surface area contributed by atoms with Gasteiger partial charge in [-0.3, -0.25) is 33.6 Å². The number of ketones is 2. The monoisotopic (exact) mass is 1380 g/mol. The molecule has 2 amide bonds. The van der Waals surface area contributed by atoms with Crippen LogP contribution in [-0.4, -0.2) is 136 Å². The van der Waals surface area contributed by atoms with Crippen LogP contribution in [0.15, 0.2) is 108 Å². The first-order valence-corrected chi connectivity index (χ1v) is 36.0. The highest BCUT2D eigenvalue weighted by atomic mass is 16.6. The zero-order valence-electron chi connectivity index (χ0n) is 60.7. The van der Waals surface area contributed by atoms with E-state index in [0.29, 0.717) is 24.8 Å². The van der Waals surface area contributed by atoms with Gasteiger partial charge in [0.1, 0.15) is 30.0 Å². The maximum Gasteiger partial charge on any atom is 0.338 e. The summed E-state index contributed by atoms with van der Waals surface area (Å²) in [6.07, 6.45) is 0.127. The Morgan fingerprint density at radius 1 is 0.800 bits per heavy atom. The highest BCUT2D eigenvalue weighted by Crippen LogP contribution is 2.75. The number of Topliss-reactive ketones (excluding diaryl/α,β-unsaturated/α-hetero) is 1. The first-order chi connectivity index (χ1) is 46.8. The molecule has 9 aliphatic rings. The normalized spacial score (nSPS) is 38.8. The minimum atomic E-state index is -2.54. The number of esters is 5. The van der Waals surface area contributed by atoms with Crippen LogP contribution < -0.4 is 10.6 Å². The summed E-state index contributed by atoms with van der Waals surface area (Å²) in [7, 11) is 0. The van der Waals surface area contributed by atoms with Gasteiger partial charge in [0.15, 0.2) is 29.4 Å². The number of allylic oxidation sites excluding steroid dienone is 3. The van der Waals surface area contributed by atoms with Crippen molar-refractivity contribution in [3.05, 3.63) is 119 Å². The highest BCUT2D eigenvalue weighted by molar-refractivity contribution is 5.98. The number of ether oxygens (including phenoxy) is 6. The SMILES string of the molecule is C=C(/C=C\C)C(=O)O[C@H]1[C@@H]2[C@]3(OC(C)=O)CO[C@@H]3C[C@H](OC(=O)CCCNC(=O)[C@@]3(C)CC[C@]4(C)CC[C@]5(C)C(=CC(=O)[C@@H]6[C@@]7(C)CC[C@H](O)C(C)(C)[C@@H]7CC[C@]65C)[C@@H]4C3)[C@@]2(C)C(=O)[C@H](OC(C)=O)C2=C(C)[C@@H](OC(=O)[C@H](O)[C@@H](NC(=O)c3ccccc3)c3ccccc3)C[C@]1(O)C2(C)C. The van der Waals surface area contributed by atoms with E-state index in [9.17, 15) is 48.9 Å².